The highest BCUT2D eigenvalue weighted by Gasteiger charge is 2.45. The summed E-state index contributed by atoms with van der Waals surface area (Å²) in [6.45, 7) is 11.9. The Morgan fingerprint density at radius 3 is 2.00 bits per heavy atom. The molecule has 0 spiro atoms. The Labute approximate surface area is 116 Å². The molecule has 19 heavy (non-hydrogen) atoms. The highest BCUT2D eigenvalue weighted by molar-refractivity contribution is 4.93. The van der Waals surface area contributed by atoms with E-state index in [0.717, 1.165) is 0 Å². The van der Waals surface area contributed by atoms with Crippen molar-refractivity contribution in [2.24, 2.45) is 11.1 Å². The molecule has 1 rings (SSSR count). The van der Waals surface area contributed by atoms with Gasteiger partial charge < -0.3 is 25.4 Å². The van der Waals surface area contributed by atoms with Crippen LogP contribution in [0.4, 0.5) is 0 Å². The summed E-state index contributed by atoms with van der Waals surface area (Å²) in [7, 11) is 0. The first-order valence-electron chi connectivity index (χ1n) is 6.86. The summed E-state index contributed by atoms with van der Waals surface area (Å²) < 4.78 is 11.5. The van der Waals surface area contributed by atoms with Gasteiger partial charge >= 0.3 is 0 Å². The second-order valence-electron chi connectivity index (χ2n) is 7.60. The van der Waals surface area contributed by atoms with Crippen LogP contribution in [0.3, 0.4) is 0 Å². The summed E-state index contributed by atoms with van der Waals surface area (Å²) in [5.74, 6) is 0. The minimum Gasteiger partial charge on any atom is -0.388 e. The smallest absolute Gasteiger partial charge is 0.176 e. The van der Waals surface area contributed by atoms with Crippen LogP contribution < -0.4 is 5.73 Å². The number of aliphatic hydroxyl groups excluding tert-OH is 2. The standard InChI is InChI=1S/C14H29NO4/c1-13(2,3)7-8-10(16)11(17)9(15)12(18-8)19-14(4,5)6/h8-12,16-17H,7,15H2,1-6H3. The van der Waals surface area contributed by atoms with Gasteiger partial charge in [0.05, 0.1) is 17.7 Å². The maximum Gasteiger partial charge on any atom is 0.176 e. The largest absolute Gasteiger partial charge is 0.388 e. The molecule has 0 amide bonds. The zero-order valence-corrected chi connectivity index (χ0v) is 12.9. The molecule has 0 aromatic carbocycles. The molecule has 1 fully saturated rings. The van der Waals surface area contributed by atoms with Crippen molar-refractivity contribution in [3.63, 3.8) is 0 Å². The number of nitrogens with two attached hydrogens (primary N) is 1. The molecule has 0 aliphatic carbocycles. The average molecular weight is 275 g/mol. The summed E-state index contributed by atoms with van der Waals surface area (Å²) in [5.41, 5.74) is 5.45. The van der Waals surface area contributed by atoms with Crippen molar-refractivity contribution in [2.75, 3.05) is 0 Å². The lowest BCUT2D eigenvalue weighted by Gasteiger charge is -2.44. The molecule has 0 saturated carbocycles. The van der Waals surface area contributed by atoms with E-state index < -0.39 is 36.2 Å². The van der Waals surface area contributed by atoms with E-state index in [-0.39, 0.29) is 5.41 Å². The normalized spacial score (nSPS) is 37.4. The molecule has 1 aliphatic heterocycles. The number of hydrogen-bond acceptors (Lipinski definition) is 5. The van der Waals surface area contributed by atoms with Crippen molar-refractivity contribution in [1.82, 2.24) is 0 Å². The van der Waals surface area contributed by atoms with E-state index in [1.165, 1.54) is 0 Å². The fraction of sp³-hybridized carbons (Fsp3) is 1.00. The van der Waals surface area contributed by atoms with Crippen LogP contribution >= 0.6 is 0 Å². The molecule has 1 heterocycles. The van der Waals surface area contributed by atoms with E-state index in [9.17, 15) is 10.2 Å². The molecule has 4 N–H and O–H groups in total. The second-order valence-corrected chi connectivity index (χ2v) is 7.60. The zero-order chi connectivity index (χ0) is 15.0. The van der Waals surface area contributed by atoms with Crippen molar-refractivity contribution in [1.29, 1.82) is 0 Å². The van der Waals surface area contributed by atoms with Gasteiger partial charge in [-0.3, -0.25) is 0 Å². The first-order valence-corrected chi connectivity index (χ1v) is 6.86. The first-order chi connectivity index (χ1) is 8.41. The molecule has 0 aromatic heterocycles. The van der Waals surface area contributed by atoms with Gasteiger partial charge in [0.25, 0.3) is 0 Å². The molecule has 5 nitrogen and oxygen atoms in total. The van der Waals surface area contributed by atoms with Crippen LogP contribution in [0, 0.1) is 5.41 Å². The molecule has 114 valence electrons. The summed E-state index contributed by atoms with van der Waals surface area (Å²) in [6, 6.07) is -0.745. The Kier molecular flexibility index (Phi) is 5.02. The maximum atomic E-state index is 10.1. The number of ether oxygens (including phenoxy) is 2. The van der Waals surface area contributed by atoms with Crippen LogP contribution in [0.2, 0.25) is 0 Å². The maximum absolute atomic E-state index is 10.1. The van der Waals surface area contributed by atoms with Gasteiger partial charge in [0.2, 0.25) is 0 Å². The molecule has 5 atom stereocenters. The van der Waals surface area contributed by atoms with Crippen LogP contribution in [0.1, 0.15) is 48.0 Å². The van der Waals surface area contributed by atoms with Crippen LogP contribution in [0.15, 0.2) is 0 Å². The first kappa shape index (κ1) is 16.9. The Balaban J connectivity index is 2.79. The van der Waals surface area contributed by atoms with Crippen LogP contribution in [-0.4, -0.2) is 46.5 Å². The predicted molar refractivity (Wildman–Crippen MR) is 73.6 cm³/mol. The Morgan fingerprint density at radius 1 is 1.05 bits per heavy atom. The molecule has 0 radical (unpaired) electrons. The van der Waals surface area contributed by atoms with Gasteiger partial charge in [0.1, 0.15) is 12.2 Å². The predicted octanol–water partition coefficient (Wildman–Crippen LogP) is 1.01. The van der Waals surface area contributed by atoms with Crippen LogP contribution in [-0.2, 0) is 9.47 Å². The van der Waals surface area contributed by atoms with Crippen molar-refractivity contribution in [3.8, 4) is 0 Å². The average Bonchev–Trinajstić information content (AvgIpc) is 2.18. The molecule has 5 heteroatoms. The van der Waals surface area contributed by atoms with E-state index in [1.54, 1.807) is 0 Å². The van der Waals surface area contributed by atoms with Crippen molar-refractivity contribution in [2.45, 2.75) is 84.2 Å². The van der Waals surface area contributed by atoms with Crippen molar-refractivity contribution < 1.29 is 19.7 Å². The van der Waals surface area contributed by atoms with Crippen LogP contribution in [0.25, 0.3) is 0 Å². The third-order valence-electron chi connectivity index (χ3n) is 3.03. The third kappa shape index (κ3) is 5.00. The molecule has 0 bridgehead atoms. The van der Waals surface area contributed by atoms with Gasteiger partial charge in [-0.1, -0.05) is 20.8 Å². The Hall–Kier alpha value is -0.200. The van der Waals surface area contributed by atoms with Crippen molar-refractivity contribution in [3.05, 3.63) is 0 Å². The highest BCUT2D eigenvalue weighted by atomic mass is 16.7. The van der Waals surface area contributed by atoms with E-state index in [2.05, 4.69) is 20.8 Å². The Morgan fingerprint density at radius 2 is 1.58 bits per heavy atom. The second kappa shape index (κ2) is 5.66. The van der Waals surface area contributed by atoms with Gasteiger partial charge in [-0.2, -0.15) is 0 Å². The minimum atomic E-state index is -1.03. The minimum absolute atomic E-state index is 0.0148. The SMILES string of the molecule is CC(C)(C)CC1OC(OC(C)(C)C)C(N)C(O)C1O. The molecular formula is C14H29NO4. The van der Waals surface area contributed by atoms with E-state index in [0.29, 0.717) is 6.42 Å². The summed E-state index contributed by atoms with van der Waals surface area (Å²) in [6.07, 6.45) is -2.56. The Bertz CT molecular complexity index is 267. The summed E-state index contributed by atoms with van der Waals surface area (Å²) >= 11 is 0. The molecule has 1 saturated heterocycles. The summed E-state index contributed by atoms with van der Waals surface area (Å²) in [5, 5.41) is 20.1. The molecule has 5 unspecified atom stereocenters. The lowest BCUT2D eigenvalue weighted by atomic mass is 9.84. The monoisotopic (exact) mass is 275 g/mol. The molecule has 1 aliphatic rings. The number of aliphatic hydroxyl groups is 2. The van der Waals surface area contributed by atoms with E-state index in [1.807, 2.05) is 20.8 Å². The third-order valence-corrected chi connectivity index (χ3v) is 3.03. The highest BCUT2D eigenvalue weighted by Crippen LogP contribution is 2.31. The number of hydrogen-bond donors (Lipinski definition) is 3. The zero-order valence-electron chi connectivity index (χ0n) is 12.9. The summed E-state index contributed by atoms with van der Waals surface area (Å²) in [4.78, 5) is 0. The molecule has 0 aromatic rings. The van der Waals surface area contributed by atoms with Gasteiger partial charge in [-0.15, -0.1) is 0 Å². The van der Waals surface area contributed by atoms with Gasteiger partial charge in [0, 0.05) is 0 Å². The fourth-order valence-electron chi connectivity index (χ4n) is 2.18. The van der Waals surface area contributed by atoms with Crippen molar-refractivity contribution >= 4 is 0 Å². The van der Waals surface area contributed by atoms with E-state index in [4.69, 9.17) is 15.2 Å². The van der Waals surface area contributed by atoms with Gasteiger partial charge in [-0.05, 0) is 32.6 Å². The quantitative estimate of drug-likeness (QED) is 0.700. The number of rotatable bonds is 2. The van der Waals surface area contributed by atoms with Gasteiger partial charge in [-0.25, -0.2) is 0 Å². The fourth-order valence-corrected chi connectivity index (χ4v) is 2.18. The van der Waals surface area contributed by atoms with E-state index >= 15 is 0 Å². The molecular weight excluding hydrogens is 246 g/mol. The topological polar surface area (TPSA) is 84.9 Å². The van der Waals surface area contributed by atoms with Gasteiger partial charge in [0.15, 0.2) is 6.29 Å². The van der Waals surface area contributed by atoms with Crippen LogP contribution in [0.5, 0.6) is 0 Å². The lowest BCUT2D eigenvalue weighted by molar-refractivity contribution is -0.288. The lowest BCUT2D eigenvalue weighted by Crippen LogP contribution is -2.63.